The monoisotopic (exact) mass is 717 g/mol. The molecule has 0 radical (unpaired) electrons. The SMILES string of the molecule is C1=CC2=C(c3cc(C4=CC(C5=CCNC=C5)NC(C5=CCNC=C5)=C4)cc(-c4ccc5c6c(cccc46)-c4ccccc4-5)c3)C=CC3c4ccccc4C(=C1)C23. The van der Waals surface area contributed by atoms with Crippen LogP contribution in [0.4, 0.5) is 0 Å². The van der Waals surface area contributed by atoms with Crippen LogP contribution >= 0.6 is 0 Å². The Balaban J connectivity index is 1.08. The molecule has 0 fully saturated rings. The third-order valence-electron chi connectivity index (χ3n) is 12.7. The van der Waals surface area contributed by atoms with E-state index in [4.69, 9.17) is 0 Å². The largest absolute Gasteiger partial charge is 0.387 e. The van der Waals surface area contributed by atoms with Crippen LogP contribution in [0.5, 0.6) is 0 Å². The molecule has 3 heteroatoms. The third kappa shape index (κ3) is 4.77. The Morgan fingerprint density at radius 2 is 1.34 bits per heavy atom. The summed E-state index contributed by atoms with van der Waals surface area (Å²) in [6.07, 6.45) is 29.7. The smallest absolute Gasteiger partial charge is 0.0705 e. The standard InChI is InChI=1S/C53H39N3/c1-3-9-42-40(7-1)46-13-5-11-44-38(15-17-48(42)52(44)46)36-27-34(35-30-50(32-19-23-54-24-20-32)56-51(31-35)33-21-25-55-26-22-33)28-37(29-36)39-16-18-49-43-10-4-2-8-41(43)47-14-6-12-45(39)53(47)49/h1-23,25,27-31,48,50,52,54-56H,24,26H2. The van der Waals surface area contributed by atoms with Crippen molar-refractivity contribution in [1.82, 2.24) is 16.0 Å². The number of benzene rings is 5. The highest BCUT2D eigenvalue weighted by Crippen LogP contribution is 2.56. The van der Waals surface area contributed by atoms with Gasteiger partial charge in [-0.05, 0) is 155 Å². The minimum absolute atomic E-state index is 0.0401. The Hall–Kier alpha value is -6.84. The van der Waals surface area contributed by atoms with Crippen molar-refractivity contribution in [2.24, 2.45) is 5.92 Å². The predicted octanol–water partition coefficient (Wildman–Crippen LogP) is 11.2. The van der Waals surface area contributed by atoms with E-state index >= 15 is 0 Å². The lowest BCUT2D eigenvalue weighted by atomic mass is 9.74. The third-order valence-corrected chi connectivity index (χ3v) is 12.7. The summed E-state index contributed by atoms with van der Waals surface area (Å²) < 4.78 is 0. The summed E-state index contributed by atoms with van der Waals surface area (Å²) in [7, 11) is 0. The van der Waals surface area contributed by atoms with E-state index in [-0.39, 0.29) is 6.04 Å². The van der Waals surface area contributed by atoms with Gasteiger partial charge in [-0.3, -0.25) is 0 Å². The molecule has 3 N–H and O–H groups in total. The van der Waals surface area contributed by atoms with Crippen molar-refractivity contribution in [3.8, 4) is 33.4 Å². The van der Waals surface area contributed by atoms with Gasteiger partial charge in [-0.1, -0.05) is 121 Å². The van der Waals surface area contributed by atoms with Crippen LogP contribution in [0, 0.1) is 5.92 Å². The average molecular weight is 718 g/mol. The minimum Gasteiger partial charge on any atom is -0.387 e. The molecule has 4 aliphatic carbocycles. The van der Waals surface area contributed by atoms with Crippen LogP contribution < -0.4 is 16.0 Å². The van der Waals surface area contributed by atoms with E-state index in [9.17, 15) is 0 Å². The number of nitrogens with one attached hydrogen (secondary N) is 3. The maximum absolute atomic E-state index is 3.89. The average Bonchev–Trinajstić information content (AvgIpc) is 3.78. The highest BCUT2D eigenvalue weighted by molar-refractivity contribution is 6.18. The van der Waals surface area contributed by atoms with Gasteiger partial charge in [0.15, 0.2) is 0 Å². The molecule has 7 aliphatic rings. The molecule has 3 nitrogen and oxygen atoms in total. The maximum Gasteiger partial charge on any atom is 0.0705 e. The van der Waals surface area contributed by atoms with Crippen LogP contribution in [0.2, 0.25) is 0 Å². The van der Waals surface area contributed by atoms with Crippen LogP contribution in [-0.4, -0.2) is 19.1 Å². The van der Waals surface area contributed by atoms with Gasteiger partial charge in [-0.25, -0.2) is 0 Å². The molecule has 0 bridgehead atoms. The molecular weight excluding hydrogens is 679 g/mol. The number of allylic oxidation sites excluding steroid dienone is 11. The van der Waals surface area contributed by atoms with Crippen molar-refractivity contribution in [2.75, 3.05) is 13.1 Å². The van der Waals surface area contributed by atoms with Gasteiger partial charge in [0.25, 0.3) is 0 Å². The zero-order valence-electron chi connectivity index (χ0n) is 30.9. The van der Waals surface area contributed by atoms with Gasteiger partial charge in [-0.2, -0.15) is 0 Å². The number of fused-ring (bicyclic) bond motifs is 6. The normalized spacial score (nSPS) is 21.9. The Labute approximate surface area is 327 Å². The van der Waals surface area contributed by atoms with E-state index in [0.717, 1.165) is 18.8 Å². The van der Waals surface area contributed by atoms with Crippen LogP contribution in [-0.2, 0) is 0 Å². The van der Waals surface area contributed by atoms with Gasteiger partial charge in [0.1, 0.15) is 0 Å². The fraction of sp³-hybridized carbons (Fsp3) is 0.0943. The highest BCUT2D eigenvalue weighted by atomic mass is 14.9. The van der Waals surface area contributed by atoms with E-state index in [1.807, 2.05) is 0 Å². The van der Waals surface area contributed by atoms with E-state index in [2.05, 4.69) is 192 Å². The zero-order chi connectivity index (χ0) is 36.7. The second kappa shape index (κ2) is 12.3. The van der Waals surface area contributed by atoms with Crippen molar-refractivity contribution in [1.29, 1.82) is 0 Å². The summed E-state index contributed by atoms with van der Waals surface area (Å²) in [4.78, 5) is 0. The first-order valence-corrected chi connectivity index (χ1v) is 19.9. The van der Waals surface area contributed by atoms with Crippen LogP contribution in [0.15, 0.2) is 199 Å². The van der Waals surface area contributed by atoms with Crippen LogP contribution in [0.1, 0.15) is 28.2 Å². The summed E-state index contributed by atoms with van der Waals surface area (Å²) in [5, 5.41) is 13.2. The minimum atomic E-state index is 0.0401. The molecule has 0 saturated heterocycles. The molecule has 3 atom stereocenters. The molecule has 5 aromatic rings. The Bertz CT molecular complexity index is 2870. The number of hydrogen-bond donors (Lipinski definition) is 3. The van der Waals surface area contributed by atoms with E-state index in [1.54, 1.807) is 0 Å². The number of dihydropyridines is 3. The molecule has 0 spiro atoms. The first-order valence-electron chi connectivity index (χ1n) is 19.9. The second-order valence-corrected chi connectivity index (χ2v) is 15.7. The van der Waals surface area contributed by atoms with Gasteiger partial charge in [0, 0.05) is 30.6 Å². The van der Waals surface area contributed by atoms with E-state index in [0.29, 0.717) is 11.8 Å². The van der Waals surface area contributed by atoms with Crippen molar-refractivity contribution in [3.05, 3.63) is 221 Å². The van der Waals surface area contributed by atoms with Gasteiger partial charge < -0.3 is 16.0 Å². The maximum atomic E-state index is 3.89. The lowest BCUT2D eigenvalue weighted by molar-refractivity contribution is 0.725. The van der Waals surface area contributed by atoms with Gasteiger partial charge in [0.2, 0.25) is 0 Å². The fourth-order valence-corrected chi connectivity index (χ4v) is 10.2. The molecule has 12 rings (SSSR count). The lowest BCUT2D eigenvalue weighted by Crippen LogP contribution is -2.33. The number of rotatable bonds is 5. The summed E-state index contributed by atoms with van der Waals surface area (Å²) in [6.45, 7) is 1.64. The molecule has 3 heterocycles. The molecule has 56 heavy (non-hydrogen) atoms. The van der Waals surface area contributed by atoms with Crippen LogP contribution in [0.25, 0.3) is 60.9 Å². The van der Waals surface area contributed by atoms with Crippen molar-refractivity contribution >= 4 is 27.5 Å². The van der Waals surface area contributed by atoms with Crippen LogP contribution in [0.3, 0.4) is 0 Å². The Kier molecular flexibility index (Phi) is 6.94. The molecule has 266 valence electrons. The van der Waals surface area contributed by atoms with Crippen molar-refractivity contribution in [2.45, 2.75) is 12.0 Å². The molecule has 0 saturated carbocycles. The van der Waals surface area contributed by atoms with Gasteiger partial charge in [-0.15, -0.1) is 0 Å². The van der Waals surface area contributed by atoms with E-state index < -0.39 is 0 Å². The molecule has 3 unspecified atom stereocenters. The second-order valence-electron chi connectivity index (χ2n) is 15.7. The summed E-state index contributed by atoms with van der Waals surface area (Å²) in [5.74, 6) is 0.684. The Morgan fingerprint density at radius 1 is 0.589 bits per heavy atom. The van der Waals surface area contributed by atoms with Gasteiger partial charge >= 0.3 is 0 Å². The lowest BCUT2D eigenvalue weighted by Gasteiger charge is -2.30. The van der Waals surface area contributed by atoms with E-state index in [1.165, 1.54) is 99.8 Å². The molecular formula is C53H39N3. The van der Waals surface area contributed by atoms with Crippen molar-refractivity contribution < 1.29 is 0 Å². The first-order chi connectivity index (χ1) is 27.8. The topological polar surface area (TPSA) is 36.1 Å². The predicted molar refractivity (Wildman–Crippen MR) is 233 cm³/mol. The van der Waals surface area contributed by atoms with Crippen molar-refractivity contribution in [3.63, 3.8) is 0 Å². The zero-order valence-corrected chi connectivity index (χ0v) is 30.9. The number of hydrogen-bond acceptors (Lipinski definition) is 3. The summed E-state index contributed by atoms with van der Waals surface area (Å²) >= 11 is 0. The first kappa shape index (κ1) is 31.5. The molecule has 0 aromatic heterocycles. The molecule has 3 aliphatic heterocycles. The Morgan fingerprint density at radius 3 is 2.18 bits per heavy atom. The molecule has 0 amide bonds. The molecule has 5 aromatic carbocycles. The highest BCUT2D eigenvalue weighted by Gasteiger charge is 2.40. The quantitative estimate of drug-likeness (QED) is 0.166. The van der Waals surface area contributed by atoms with Gasteiger partial charge in [0.05, 0.1) is 6.04 Å². The summed E-state index contributed by atoms with van der Waals surface area (Å²) in [6, 6.07) is 36.8. The fourth-order valence-electron chi connectivity index (χ4n) is 10.2. The summed E-state index contributed by atoms with van der Waals surface area (Å²) in [5.41, 5.74) is 22.1.